The number of para-hydroxylation sites is 2. The first-order valence-corrected chi connectivity index (χ1v) is 9.91. The highest BCUT2D eigenvalue weighted by Crippen LogP contribution is 2.32. The minimum Gasteiger partial charge on any atom is -0.492 e. The summed E-state index contributed by atoms with van der Waals surface area (Å²) in [5.74, 6) is 1.45. The average Bonchev–Trinajstić information content (AvgIpc) is 3.32. The van der Waals surface area contributed by atoms with Gasteiger partial charge in [-0.15, -0.1) is 0 Å². The minimum atomic E-state index is -0.00633. The molecular weight excluding hydrogens is 350 g/mol. The van der Waals surface area contributed by atoms with Crippen LogP contribution < -0.4 is 10.1 Å². The van der Waals surface area contributed by atoms with Crippen molar-refractivity contribution >= 4 is 34.4 Å². The Hall–Kier alpha value is -2.32. The summed E-state index contributed by atoms with van der Waals surface area (Å²) in [4.78, 5) is 13.8. The molecule has 7 nitrogen and oxygen atoms in total. The fraction of sp³-hybridized carbons (Fsp3) is 0.389. The lowest BCUT2D eigenvalue weighted by Gasteiger charge is -2.14. The molecule has 1 aromatic carbocycles. The molecule has 136 valence electrons. The molecule has 8 heteroatoms. The zero-order valence-corrected chi connectivity index (χ0v) is 15.6. The topological polar surface area (TPSA) is 74.1 Å². The van der Waals surface area contributed by atoms with E-state index in [0.717, 1.165) is 42.0 Å². The van der Waals surface area contributed by atoms with Gasteiger partial charge in [0.1, 0.15) is 12.0 Å². The molecule has 3 aromatic rings. The highest BCUT2D eigenvalue weighted by molar-refractivity contribution is 7.98. The molecule has 4 rings (SSSR count). The number of nitrogens with one attached hydrogen (secondary N) is 1. The maximum absolute atomic E-state index is 5.80. The lowest BCUT2D eigenvalue weighted by molar-refractivity contribution is 0.0592. The standard InChI is InChI=1S/C18H21N5O2S/c1-3-24-13-8-5-4-7-12(13)20-16-15-17(22-18(21-16)26-2)23(11-19-15)14-9-6-10-25-14/h4-5,7-8,11,14H,3,6,9-10H2,1-2H3,(H,20,21,22). The van der Waals surface area contributed by atoms with E-state index < -0.39 is 0 Å². The number of thioether (sulfide) groups is 1. The lowest BCUT2D eigenvalue weighted by Crippen LogP contribution is -2.07. The Morgan fingerprint density at radius 1 is 1.35 bits per heavy atom. The monoisotopic (exact) mass is 371 g/mol. The SMILES string of the molecule is CCOc1ccccc1Nc1nc(SC)nc2c1ncn2C1CCCO1. The first kappa shape index (κ1) is 17.1. The fourth-order valence-corrected chi connectivity index (χ4v) is 3.40. The van der Waals surface area contributed by atoms with Gasteiger partial charge in [0.2, 0.25) is 0 Å². The van der Waals surface area contributed by atoms with E-state index in [1.165, 1.54) is 11.8 Å². The Balaban J connectivity index is 1.77. The van der Waals surface area contributed by atoms with Crippen LogP contribution in [0.5, 0.6) is 5.75 Å². The van der Waals surface area contributed by atoms with Crippen molar-refractivity contribution < 1.29 is 9.47 Å². The number of nitrogens with zero attached hydrogens (tertiary/aromatic N) is 4. The van der Waals surface area contributed by atoms with Crippen LogP contribution >= 0.6 is 11.8 Å². The van der Waals surface area contributed by atoms with E-state index in [1.54, 1.807) is 6.33 Å². The van der Waals surface area contributed by atoms with Crippen molar-refractivity contribution in [1.82, 2.24) is 19.5 Å². The molecule has 1 saturated heterocycles. The predicted octanol–water partition coefficient (Wildman–Crippen LogP) is 4.00. The predicted molar refractivity (Wildman–Crippen MR) is 102 cm³/mol. The molecule has 1 N–H and O–H groups in total. The number of rotatable bonds is 6. The van der Waals surface area contributed by atoms with E-state index in [-0.39, 0.29) is 6.23 Å². The van der Waals surface area contributed by atoms with E-state index in [4.69, 9.17) is 9.47 Å². The maximum Gasteiger partial charge on any atom is 0.191 e. The van der Waals surface area contributed by atoms with Gasteiger partial charge in [-0.25, -0.2) is 15.0 Å². The van der Waals surface area contributed by atoms with Crippen molar-refractivity contribution in [3.8, 4) is 5.75 Å². The molecule has 1 unspecified atom stereocenters. The second-order valence-corrected chi connectivity index (χ2v) is 6.68. The van der Waals surface area contributed by atoms with Crippen molar-refractivity contribution in [3.63, 3.8) is 0 Å². The van der Waals surface area contributed by atoms with Crippen LogP contribution in [0.25, 0.3) is 11.2 Å². The first-order chi connectivity index (χ1) is 12.8. The third kappa shape index (κ3) is 3.22. The quantitative estimate of drug-likeness (QED) is 0.518. The number of hydrogen-bond acceptors (Lipinski definition) is 7. The van der Waals surface area contributed by atoms with Crippen molar-refractivity contribution in [1.29, 1.82) is 0 Å². The van der Waals surface area contributed by atoms with E-state index in [1.807, 2.05) is 42.0 Å². The smallest absolute Gasteiger partial charge is 0.191 e. The summed E-state index contributed by atoms with van der Waals surface area (Å²) in [7, 11) is 0. The molecule has 1 aliphatic rings. The van der Waals surface area contributed by atoms with Gasteiger partial charge in [0.25, 0.3) is 0 Å². The first-order valence-electron chi connectivity index (χ1n) is 8.69. The molecule has 26 heavy (non-hydrogen) atoms. The molecule has 0 saturated carbocycles. The molecule has 1 aliphatic heterocycles. The summed E-state index contributed by atoms with van der Waals surface area (Å²) in [6, 6.07) is 7.81. The van der Waals surface area contributed by atoms with E-state index in [9.17, 15) is 0 Å². The molecule has 1 atom stereocenters. The minimum absolute atomic E-state index is 0.00633. The van der Waals surface area contributed by atoms with Crippen LogP contribution in [0.3, 0.4) is 0 Å². The highest BCUT2D eigenvalue weighted by Gasteiger charge is 2.22. The molecule has 0 amide bonds. The zero-order valence-electron chi connectivity index (χ0n) is 14.8. The number of ether oxygens (including phenoxy) is 2. The van der Waals surface area contributed by atoms with E-state index >= 15 is 0 Å². The van der Waals surface area contributed by atoms with Gasteiger partial charge in [-0.3, -0.25) is 4.57 Å². The zero-order chi connectivity index (χ0) is 17.9. The van der Waals surface area contributed by atoms with E-state index in [2.05, 4.69) is 20.3 Å². The van der Waals surface area contributed by atoms with Gasteiger partial charge < -0.3 is 14.8 Å². The summed E-state index contributed by atoms with van der Waals surface area (Å²) in [5.41, 5.74) is 2.37. The lowest BCUT2D eigenvalue weighted by atomic mass is 10.3. The van der Waals surface area contributed by atoms with Gasteiger partial charge in [0.15, 0.2) is 22.1 Å². The number of fused-ring (bicyclic) bond motifs is 1. The molecular formula is C18H21N5O2S. The molecule has 0 radical (unpaired) electrons. The van der Waals surface area contributed by atoms with Crippen molar-refractivity contribution in [2.75, 3.05) is 24.8 Å². The van der Waals surface area contributed by atoms with Crippen molar-refractivity contribution in [3.05, 3.63) is 30.6 Å². The van der Waals surface area contributed by atoms with Crippen LogP contribution in [0.1, 0.15) is 26.0 Å². The normalized spacial score (nSPS) is 16.9. The third-order valence-electron chi connectivity index (χ3n) is 4.24. The number of imidazole rings is 1. The molecule has 0 aliphatic carbocycles. The molecule has 0 bridgehead atoms. The average molecular weight is 371 g/mol. The Kier molecular flexibility index (Phi) is 4.94. The molecule has 0 spiro atoms. The summed E-state index contributed by atoms with van der Waals surface area (Å²) in [6.07, 6.45) is 5.77. The Morgan fingerprint density at radius 2 is 2.23 bits per heavy atom. The van der Waals surface area contributed by atoms with Crippen LogP contribution in [0.2, 0.25) is 0 Å². The van der Waals surface area contributed by atoms with Gasteiger partial charge in [-0.1, -0.05) is 23.9 Å². The summed E-state index contributed by atoms with van der Waals surface area (Å²) >= 11 is 1.50. The number of anilines is 2. The second-order valence-electron chi connectivity index (χ2n) is 5.90. The Bertz CT molecular complexity index is 908. The number of aromatic nitrogens is 4. The van der Waals surface area contributed by atoms with Crippen LogP contribution in [0, 0.1) is 0 Å². The maximum atomic E-state index is 5.80. The van der Waals surface area contributed by atoms with Crippen LogP contribution in [0.4, 0.5) is 11.5 Å². The number of hydrogen-bond donors (Lipinski definition) is 1. The molecule has 1 fully saturated rings. The van der Waals surface area contributed by atoms with Gasteiger partial charge in [-0.2, -0.15) is 0 Å². The largest absolute Gasteiger partial charge is 0.492 e. The van der Waals surface area contributed by atoms with Gasteiger partial charge in [-0.05, 0) is 38.2 Å². The van der Waals surface area contributed by atoms with Crippen molar-refractivity contribution in [2.45, 2.75) is 31.1 Å². The van der Waals surface area contributed by atoms with Crippen LogP contribution in [-0.2, 0) is 4.74 Å². The van der Waals surface area contributed by atoms with Crippen LogP contribution in [0.15, 0.2) is 35.7 Å². The van der Waals surface area contributed by atoms with Crippen molar-refractivity contribution in [2.24, 2.45) is 0 Å². The molecule has 3 heterocycles. The summed E-state index contributed by atoms with van der Waals surface area (Å²) < 4.78 is 13.5. The van der Waals surface area contributed by atoms with E-state index in [0.29, 0.717) is 17.6 Å². The highest BCUT2D eigenvalue weighted by atomic mass is 32.2. The Labute approximate surface area is 156 Å². The fourth-order valence-electron chi connectivity index (χ4n) is 3.04. The summed E-state index contributed by atoms with van der Waals surface area (Å²) in [6.45, 7) is 3.34. The third-order valence-corrected chi connectivity index (χ3v) is 4.79. The Morgan fingerprint density at radius 3 is 3.00 bits per heavy atom. The molecule has 2 aromatic heterocycles. The van der Waals surface area contributed by atoms with Gasteiger partial charge in [0, 0.05) is 6.61 Å². The van der Waals surface area contributed by atoms with Crippen LogP contribution in [-0.4, -0.2) is 39.0 Å². The van der Waals surface area contributed by atoms with Gasteiger partial charge in [0.05, 0.1) is 18.6 Å². The summed E-state index contributed by atoms with van der Waals surface area (Å²) in [5, 5.41) is 4.06. The second kappa shape index (κ2) is 7.51. The van der Waals surface area contributed by atoms with Gasteiger partial charge >= 0.3 is 0 Å². The number of benzene rings is 1.